The Morgan fingerprint density at radius 1 is 1.00 bits per heavy atom. The first-order valence-corrected chi connectivity index (χ1v) is 17.3. The number of hydrogen-bond acceptors (Lipinski definition) is 7. The van der Waals surface area contributed by atoms with Crippen LogP contribution in [0.2, 0.25) is 10.0 Å². The Morgan fingerprint density at radius 2 is 1.70 bits per heavy atom. The van der Waals surface area contributed by atoms with Crippen molar-refractivity contribution >= 4 is 50.7 Å². The number of amides is 2. The van der Waals surface area contributed by atoms with Gasteiger partial charge in [0.1, 0.15) is 6.61 Å². The maximum absolute atomic E-state index is 13.9. The number of nitrogens with zero attached hydrogens (tertiary/aromatic N) is 4. The number of para-hydroxylation sites is 1. The van der Waals surface area contributed by atoms with Crippen molar-refractivity contribution in [2.24, 2.45) is 0 Å². The minimum Gasteiger partial charge on any atom is -0.369 e. The number of carbonyl (C=O) groups excluding carboxylic acids is 2. The first-order valence-electron chi connectivity index (χ1n) is 15.1. The van der Waals surface area contributed by atoms with E-state index in [1.165, 1.54) is 29.4 Å². The number of hydrogen-bond donors (Lipinski definition) is 1. The van der Waals surface area contributed by atoms with Crippen molar-refractivity contribution in [3.05, 3.63) is 58.1 Å². The van der Waals surface area contributed by atoms with Gasteiger partial charge in [-0.05, 0) is 62.6 Å². The summed E-state index contributed by atoms with van der Waals surface area (Å²) in [4.78, 5) is 31.7. The highest BCUT2D eigenvalue weighted by atomic mass is 35.5. The second kappa shape index (κ2) is 13.9. The van der Waals surface area contributed by atoms with Crippen LogP contribution in [-0.4, -0.2) is 113 Å². The van der Waals surface area contributed by atoms with E-state index in [0.29, 0.717) is 38.2 Å². The molecule has 10 nitrogen and oxygen atoms in total. The summed E-state index contributed by atoms with van der Waals surface area (Å²) in [5.74, 6) is -0.169. The van der Waals surface area contributed by atoms with Gasteiger partial charge < -0.3 is 19.9 Å². The second-order valence-corrected chi connectivity index (χ2v) is 14.6. The number of anilines is 1. The average molecular weight is 667 g/mol. The Hall–Kier alpha value is -2.41. The molecule has 2 saturated heterocycles. The van der Waals surface area contributed by atoms with Crippen molar-refractivity contribution in [2.75, 3.05) is 70.4 Å². The van der Waals surface area contributed by atoms with Gasteiger partial charge in [-0.1, -0.05) is 41.4 Å². The number of piperidine rings is 1. The fourth-order valence-electron chi connectivity index (χ4n) is 6.52. The lowest BCUT2D eigenvalue weighted by atomic mass is 9.84. The molecule has 0 aromatic heterocycles. The number of ether oxygens (including phenoxy) is 1. The van der Waals surface area contributed by atoms with Crippen molar-refractivity contribution < 1.29 is 22.7 Å². The van der Waals surface area contributed by atoms with Gasteiger partial charge in [0.15, 0.2) is 0 Å². The summed E-state index contributed by atoms with van der Waals surface area (Å²) in [5, 5.41) is 3.46. The molecule has 44 heavy (non-hydrogen) atoms. The number of likely N-dealkylation sites (N-methyl/N-ethyl adjacent to an activating group) is 1. The first kappa shape index (κ1) is 33.0. The largest absolute Gasteiger partial charge is 0.369 e. The summed E-state index contributed by atoms with van der Waals surface area (Å²) in [6, 6.07) is 11.2. The number of benzene rings is 2. The highest BCUT2D eigenvalue weighted by Gasteiger charge is 2.42. The topological polar surface area (TPSA) is 102 Å². The number of aryl methyl sites for hydroxylation is 1. The van der Waals surface area contributed by atoms with Crippen LogP contribution in [0.25, 0.3) is 0 Å². The van der Waals surface area contributed by atoms with E-state index >= 15 is 0 Å². The minimum atomic E-state index is -4.00. The monoisotopic (exact) mass is 665 g/mol. The molecule has 240 valence electrons. The summed E-state index contributed by atoms with van der Waals surface area (Å²) >= 11 is 12.2. The summed E-state index contributed by atoms with van der Waals surface area (Å²) in [5.41, 5.74) is 1.35. The zero-order valence-electron chi connectivity index (χ0n) is 25.3. The molecule has 1 N–H and O–H groups in total. The van der Waals surface area contributed by atoms with Crippen molar-refractivity contribution in [3.63, 3.8) is 0 Å². The molecule has 3 aliphatic rings. The highest BCUT2D eigenvalue weighted by molar-refractivity contribution is 7.92. The number of nitrogens with one attached hydrogen (secondary N) is 1. The van der Waals surface area contributed by atoms with E-state index in [2.05, 4.69) is 22.2 Å². The molecule has 13 heteroatoms. The van der Waals surface area contributed by atoms with Crippen LogP contribution in [0.5, 0.6) is 0 Å². The third-order valence-electron chi connectivity index (χ3n) is 9.18. The molecule has 3 aliphatic heterocycles. The Balaban J connectivity index is 1.23. The predicted molar refractivity (Wildman–Crippen MR) is 172 cm³/mol. The number of piperazine rings is 1. The molecule has 1 atom stereocenters. The van der Waals surface area contributed by atoms with Crippen molar-refractivity contribution in [1.82, 2.24) is 20.0 Å². The van der Waals surface area contributed by atoms with Gasteiger partial charge in [-0.15, -0.1) is 0 Å². The van der Waals surface area contributed by atoms with E-state index in [1.54, 1.807) is 6.07 Å². The zero-order valence-corrected chi connectivity index (χ0v) is 27.6. The van der Waals surface area contributed by atoms with E-state index in [0.717, 1.165) is 44.6 Å². The molecule has 0 spiro atoms. The predicted octanol–water partition coefficient (Wildman–Crippen LogP) is 3.26. The third kappa shape index (κ3) is 7.18. The van der Waals surface area contributed by atoms with Gasteiger partial charge in [0.05, 0.1) is 33.3 Å². The Morgan fingerprint density at radius 3 is 2.39 bits per heavy atom. The Labute approximate surface area is 270 Å². The van der Waals surface area contributed by atoms with Crippen LogP contribution in [-0.2, 0) is 30.8 Å². The van der Waals surface area contributed by atoms with Gasteiger partial charge in [-0.3, -0.25) is 18.8 Å². The lowest BCUT2D eigenvalue weighted by Crippen LogP contribution is -2.64. The Kier molecular flexibility index (Phi) is 10.4. The lowest BCUT2D eigenvalue weighted by molar-refractivity contribution is -0.139. The smallest absolute Gasteiger partial charge is 0.264 e. The van der Waals surface area contributed by atoms with Gasteiger partial charge in [-0.2, -0.15) is 0 Å². The molecule has 2 amide bonds. The second-order valence-electron chi connectivity index (χ2n) is 12.0. The summed E-state index contributed by atoms with van der Waals surface area (Å²) in [6.07, 6.45) is 2.77. The van der Waals surface area contributed by atoms with Gasteiger partial charge in [0.25, 0.3) is 10.0 Å². The highest BCUT2D eigenvalue weighted by Crippen LogP contribution is 2.37. The molecule has 0 bridgehead atoms. The molecule has 5 rings (SSSR count). The Bertz CT molecular complexity index is 1460. The van der Waals surface area contributed by atoms with Gasteiger partial charge >= 0.3 is 0 Å². The lowest BCUT2D eigenvalue weighted by Gasteiger charge is -2.51. The van der Waals surface area contributed by atoms with E-state index < -0.39 is 16.1 Å². The molecular weight excluding hydrogens is 625 g/mol. The summed E-state index contributed by atoms with van der Waals surface area (Å²) in [6.45, 7) is 6.99. The normalized spacial score (nSPS) is 21.1. The number of likely N-dealkylation sites (tertiary alicyclic amines) is 1. The molecule has 3 heterocycles. The van der Waals surface area contributed by atoms with E-state index in [4.69, 9.17) is 27.9 Å². The van der Waals surface area contributed by atoms with Gasteiger partial charge in [0, 0.05) is 58.3 Å². The van der Waals surface area contributed by atoms with Crippen LogP contribution in [0, 0.1) is 0 Å². The van der Waals surface area contributed by atoms with E-state index in [1.807, 2.05) is 23.1 Å². The van der Waals surface area contributed by atoms with Crippen LogP contribution in [0.15, 0.2) is 47.4 Å². The van der Waals surface area contributed by atoms with Crippen LogP contribution in [0.1, 0.15) is 31.7 Å². The quantitative estimate of drug-likeness (QED) is 0.439. The van der Waals surface area contributed by atoms with Crippen LogP contribution < -0.4 is 9.62 Å². The molecule has 2 aromatic carbocycles. The SMILES string of the molecule is CC(=O)NCC1(N2CCN(C)CC2)CCN(C(=O)COCC2CCc3ccccc3N2S(=O)(=O)c2ccc(Cl)c(Cl)c2)CC1. The van der Waals surface area contributed by atoms with Gasteiger partial charge in [0.2, 0.25) is 11.8 Å². The first-order chi connectivity index (χ1) is 21.0. The maximum atomic E-state index is 13.9. The van der Waals surface area contributed by atoms with Gasteiger partial charge in [-0.25, -0.2) is 8.42 Å². The van der Waals surface area contributed by atoms with Crippen molar-refractivity contribution in [1.29, 1.82) is 0 Å². The average Bonchev–Trinajstić information content (AvgIpc) is 3.01. The minimum absolute atomic E-state index is 0.0427. The fraction of sp³-hybridized carbons (Fsp3) is 0.548. The summed E-state index contributed by atoms with van der Waals surface area (Å²) in [7, 11) is -1.88. The molecular formula is C31H41Cl2N5O5S. The number of rotatable bonds is 9. The molecule has 0 saturated carbocycles. The van der Waals surface area contributed by atoms with Crippen molar-refractivity contribution in [3.8, 4) is 0 Å². The molecule has 0 radical (unpaired) electrons. The molecule has 0 aliphatic carbocycles. The molecule has 2 aromatic rings. The molecule has 1 unspecified atom stereocenters. The maximum Gasteiger partial charge on any atom is 0.264 e. The standard InChI is InChI=1S/C31H41Cl2N5O5S/c1-23(39)34-22-31(37-17-15-35(2)16-18-37)11-13-36(14-12-31)30(40)21-43-20-25-8-7-24-5-3-4-6-29(24)38(25)44(41,42)26-9-10-27(32)28(33)19-26/h3-6,9-10,19,25H,7-8,11-18,20-22H2,1-2H3,(H,34,39). The van der Waals surface area contributed by atoms with Crippen LogP contribution in [0.3, 0.4) is 0 Å². The van der Waals surface area contributed by atoms with Crippen LogP contribution in [0.4, 0.5) is 5.69 Å². The van der Waals surface area contributed by atoms with Crippen molar-refractivity contribution in [2.45, 2.75) is 49.1 Å². The number of fused-ring (bicyclic) bond motifs is 1. The fourth-order valence-corrected chi connectivity index (χ4v) is 8.61. The number of sulfonamides is 1. The third-order valence-corrected chi connectivity index (χ3v) is 11.8. The number of halogens is 2. The number of carbonyl (C=O) groups is 2. The molecule has 2 fully saturated rings. The zero-order chi connectivity index (χ0) is 31.5. The van der Waals surface area contributed by atoms with E-state index in [9.17, 15) is 18.0 Å². The van der Waals surface area contributed by atoms with Crippen LogP contribution >= 0.6 is 23.2 Å². The van der Waals surface area contributed by atoms with E-state index in [-0.39, 0.29) is 45.5 Å². The summed E-state index contributed by atoms with van der Waals surface area (Å²) < 4.78 is 35.2.